The van der Waals surface area contributed by atoms with Crippen molar-refractivity contribution in [2.24, 2.45) is 0 Å². The molecule has 19 heavy (non-hydrogen) atoms. The Morgan fingerprint density at radius 2 is 1.42 bits per heavy atom. The molecule has 0 fully saturated rings. The van der Waals surface area contributed by atoms with Crippen LogP contribution < -0.4 is 10.4 Å². The SMILES string of the molecule is C=Cc1cc(=C)/c(=C\CCC)cc1C=C.CC.CC. The lowest BCUT2D eigenvalue weighted by molar-refractivity contribution is 0.991. The molecule has 0 aliphatic rings. The van der Waals surface area contributed by atoms with Crippen LogP contribution in [0, 0.1) is 0 Å². The van der Waals surface area contributed by atoms with Crippen LogP contribution in [0.25, 0.3) is 24.8 Å². The predicted molar refractivity (Wildman–Crippen MR) is 93.5 cm³/mol. The van der Waals surface area contributed by atoms with Crippen molar-refractivity contribution in [2.45, 2.75) is 47.5 Å². The summed E-state index contributed by atoms with van der Waals surface area (Å²) < 4.78 is 0. The normalized spacial score (nSPS) is 9.63. The van der Waals surface area contributed by atoms with Crippen LogP contribution in [0.4, 0.5) is 0 Å². The van der Waals surface area contributed by atoms with E-state index in [1.807, 2.05) is 39.8 Å². The molecule has 1 aromatic rings. The third-order valence-corrected chi connectivity index (χ3v) is 2.44. The van der Waals surface area contributed by atoms with Gasteiger partial charge in [-0.15, -0.1) is 0 Å². The minimum atomic E-state index is 1.06. The number of rotatable bonds is 4. The van der Waals surface area contributed by atoms with Crippen molar-refractivity contribution < 1.29 is 0 Å². The summed E-state index contributed by atoms with van der Waals surface area (Å²) in [6.45, 7) is 21.8. The fourth-order valence-electron chi connectivity index (χ4n) is 1.54. The van der Waals surface area contributed by atoms with E-state index in [4.69, 9.17) is 0 Å². The van der Waals surface area contributed by atoms with Gasteiger partial charge < -0.3 is 0 Å². The minimum absolute atomic E-state index is 1.06. The summed E-state index contributed by atoms with van der Waals surface area (Å²) in [7, 11) is 0. The number of hydrogen-bond donors (Lipinski definition) is 0. The molecule has 0 aliphatic heterocycles. The van der Waals surface area contributed by atoms with Crippen molar-refractivity contribution in [1.29, 1.82) is 0 Å². The average molecular weight is 258 g/mol. The first-order valence-electron chi connectivity index (χ1n) is 7.31. The van der Waals surface area contributed by atoms with E-state index in [1.165, 1.54) is 5.22 Å². The molecule has 0 radical (unpaired) electrons. The topological polar surface area (TPSA) is 0 Å². The van der Waals surface area contributed by atoms with Crippen molar-refractivity contribution in [3.63, 3.8) is 0 Å². The summed E-state index contributed by atoms with van der Waals surface area (Å²) in [5.74, 6) is 0. The van der Waals surface area contributed by atoms with E-state index in [-0.39, 0.29) is 0 Å². The van der Waals surface area contributed by atoms with Gasteiger partial charge in [0.15, 0.2) is 0 Å². The van der Waals surface area contributed by atoms with E-state index < -0.39 is 0 Å². The zero-order valence-electron chi connectivity index (χ0n) is 13.4. The highest BCUT2D eigenvalue weighted by atomic mass is 14.0. The van der Waals surface area contributed by atoms with Crippen LogP contribution in [-0.4, -0.2) is 0 Å². The number of unbranched alkanes of at least 4 members (excludes halogenated alkanes) is 1. The molecule has 1 aromatic carbocycles. The third-order valence-electron chi connectivity index (χ3n) is 2.44. The first kappa shape index (κ1) is 19.8. The van der Waals surface area contributed by atoms with E-state index in [0.29, 0.717) is 0 Å². The molecule has 0 aromatic heterocycles. The van der Waals surface area contributed by atoms with Gasteiger partial charge in [0.1, 0.15) is 0 Å². The van der Waals surface area contributed by atoms with E-state index >= 15 is 0 Å². The molecule has 0 unspecified atom stereocenters. The second-order valence-electron chi connectivity index (χ2n) is 3.58. The van der Waals surface area contributed by atoms with Crippen LogP contribution in [0.2, 0.25) is 0 Å². The molecule has 0 bridgehead atoms. The Kier molecular flexibility index (Phi) is 13.4. The highest BCUT2D eigenvalue weighted by Gasteiger charge is 1.95. The van der Waals surface area contributed by atoms with E-state index in [2.05, 4.69) is 44.9 Å². The van der Waals surface area contributed by atoms with Crippen LogP contribution in [0.15, 0.2) is 25.3 Å². The Bertz CT molecular complexity index is 464. The zero-order chi connectivity index (χ0) is 15.3. The van der Waals surface area contributed by atoms with Gasteiger partial charge in [0.2, 0.25) is 0 Å². The Labute approximate surface area is 119 Å². The molecule has 0 saturated heterocycles. The molecule has 0 atom stereocenters. The van der Waals surface area contributed by atoms with Crippen molar-refractivity contribution >= 4 is 24.8 Å². The van der Waals surface area contributed by atoms with Crippen molar-refractivity contribution in [2.75, 3.05) is 0 Å². The van der Waals surface area contributed by atoms with E-state index in [9.17, 15) is 0 Å². The minimum Gasteiger partial charge on any atom is -0.0984 e. The fraction of sp³-hybridized carbons (Fsp3) is 0.368. The first-order valence-corrected chi connectivity index (χ1v) is 7.31. The fourth-order valence-corrected chi connectivity index (χ4v) is 1.54. The predicted octanol–water partition coefficient (Wildman–Crippen LogP) is 5.02. The quantitative estimate of drug-likeness (QED) is 0.711. The maximum atomic E-state index is 4.04. The Balaban J connectivity index is 0. The summed E-state index contributed by atoms with van der Waals surface area (Å²) in [4.78, 5) is 0. The lowest BCUT2D eigenvalue weighted by Crippen LogP contribution is -2.23. The highest BCUT2D eigenvalue weighted by Crippen LogP contribution is 2.06. The molecular weight excluding hydrogens is 228 g/mol. The van der Waals surface area contributed by atoms with Gasteiger partial charge in [-0.3, -0.25) is 0 Å². The van der Waals surface area contributed by atoms with Crippen molar-refractivity contribution in [3.8, 4) is 0 Å². The molecule has 0 nitrogen and oxygen atoms in total. The molecule has 0 N–H and O–H groups in total. The lowest BCUT2D eigenvalue weighted by Gasteiger charge is -2.01. The molecule has 0 amide bonds. The van der Waals surface area contributed by atoms with Crippen LogP contribution in [0.1, 0.15) is 58.6 Å². The standard InChI is InChI=1S/C15H18.2C2H6/c1-5-8-9-15-11-14(7-3)13(6-2)10-12(15)4;2*1-2/h6-7,9-11H,2-5,8H2,1H3;2*1-2H3/b15-9-;;. The van der Waals surface area contributed by atoms with Gasteiger partial charge in [-0.25, -0.2) is 0 Å². The molecule has 1 rings (SSSR count). The van der Waals surface area contributed by atoms with Gasteiger partial charge >= 0.3 is 0 Å². The summed E-state index contributed by atoms with van der Waals surface area (Å²) in [5, 5.41) is 2.27. The molecular formula is C19H30. The Morgan fingerprint density at radius 1 is 0.947 bits per heavy atom. The highest BCUT2D eigenvalue weighted by molar-refractivity contribution is 5.64. The van der Waals surface area contributed by atoms with Crippen LogP contribution in [0.5, 0.6) is 0 Å². The van der Waals surface area contributed by atoms with E-state index in [0.717, 1.165) is 29.2 Å². The van der Waals surface area contributed by atoms with Gasteiger partial charge in [0.25, 0.3) is 0 Å². The summed E-state index contributed by atoms with van der Waals surface area (Å²) in [6.07, 6.45) is 8.18. The van der Waals surface area contributed by atoms with Gasteiger partial charge in [-0.1, -0.05) is 79.0 Å². The van der Waals surface area contributed by atoms with E-state index in [1.54, 1.807) is 0 Å². The van der Waals surface area contributed by atoms with Gasteiger partial charge in [0, 0.05) is 0 Å². The Morgan fingerprint density at radius 3 is 1.84 bits per heavy atom. The first-order chi connectivity index (χ1) is 9.22. The third kappa shape index (κ3) is 6.81. The monoisotopic (exact) mass is 258 g/mol. The average Bonchev–Trinajstić information content (AvgIpc) is 2.49. The van der Waals surface area contributed by atoms with Crippen LogP contribution >= 0.6 is 0 Å². The second-order valence-corrected chi connectivity index (χ2v) is 3.58. The summed E-state index contributed by atoms with van der Waals surface area (Å²) in [6, 6.07) is 4.19. The molecule has 0 heteroatoms. The summed E-state index contributed by atoms with van der Waals surface area (Å²) >= 11 is 0. The maximum absolute atomic E-state index is 4.04. The van der Waals surface area contributed by atoms with Gasteiger partial charge in [-0.05, 0) is 40.1 Å². The molecule has 0 aliphatic carbocycles. The number of hydrogen-bond acceptors (Lipinski definition) is 0. The molecule has 106 valence electrons. The van der Waals surface area contributed by atoms with Gasteiger partial charge in [-0.2, -0.15) is 0 Å². The molecule has 0 saturated carbocycles. The number of benzene rings is 1. The largest absolute Gasteiger partial charge is 0.0984 e. The molecule has 0 spiro atoms. The second kappa shape index (κ2) is 12.9. The van der Waals surface area contributed by atoms with Crippen LogP contribution in [0.3, 0.4) is 0 Å². The van der Waals surface area contributed by atoms with Crippen molar-refractivity contribution in [1.82, 2.24) is 0 Å². The van der Waals surface area contributed by atoms with Crippen LogP contribution in [-0.2, 0) is 0 Å². The smallest absolute Gasteiger partial charge is 0.0184 e. The van der Waals surface area contributed by atoms with Gasteiger partial charge in [0.05, 0.1) is 0 Å². The summed E-state index contributed by atoms with van der Waals surface area (Å²) in [5.41, 5.74) is 2.23. The van der Waals surface area contributed by atoms with Crippen molar-refractivity contribution in [3.05, 3.63) is 46.9 Å². The lowest BCUT2D eigenvalue weighted by atomic mass is 10.0. The Hall–Kier alpha value is -1.56. The molecule has 0 heterocycles. The zero-order valence-corrected chi connectivity index (χ0v) is 13.4. The maximum Gasteiger partial charge on any atom is -0.0184 e.